The molecular formula is C14H15BrFN9O6. The molecule has 1 heterocycles. The Morgan fingerprint density at radius 1 is 1.29 bits per heavy atom. The number of hydrogen-bond acceptors (Lipinski definition) is 12. The highest BCUT2D eigenvalue weighted by Gasteiger charge is 2.32. The van der Waals surface area contributed by atoms with Crippen LogP contribution in [0.15, 0.2) is 43.9 Å². The molecule has 0 spiro atoms. The number of aliphatic imine (C=N–C) groups is 1. The minimum absolute atomic E-state index is 0.00239. The smallest absolute Gasteiger partial charge is 0.363 e. The van der Waals surface area contributed by atoms with Crippen molar-refractivity contribution in [2.75, 3.05) is 25.5 Å². The van der Waals surface area contributed by atoms with Gasteiger partial charge in [-0.25, -0.2) is 14.0 Å². The minimum atomic E-state index is -1.24. The first-order chi connectivity index (χ1) is 14.8. The van der Waals surface area contributed by atoms with Crippen molar-refractivity contribution in [3.05, 3.63) is 66.1 Å². The fourth-order valence-electron chi connectivity index (χ4n) is 2.17. The Labute approximate surface area is 180 Å². The van der Waals surface area contributed by atoms with Crippen LogP contribution in [-0.4, -0.2) is 51.3 Å². The summed E-state index contributed by atoms with van der Waals surface area (Å²) in [7, 11) is 1.28. The zero-order valence-electron chi connectivity index (χ0n) is 15.6. The van der Waals surface area contributed by atoms with E-state index in [0.29, 0.717) is 0 Å². The fourth-order valence-corrected chi connectivity index (χ4v) is 2.54. The summed E-state index contributed by atoms with van der Waals surface area (Å²) >= 11 is 3.02. The monoisotopic (exact) mass is 503 g/mol. The average molecular weight is 504 g/mol. The van der Waals surface area contributed by atoms with Gasteiger partial charge in [0.15, 0.2) is 11.5 Å². The van der Waals surface area contributed by atoms with Gasteiger partial charge in [-0.2, -0.15) is 0 Å². The number of rotatable bonds is 10. The van der Waals surface area contributed by atoms with Crippen molar-refractivity contribution in [2.24, 2.45) is 4.99 Å². The summed E-state index contributed by atoms with van der Waals surface area (Å²) in [6.07, 6.45) is 0. The maximum Gasteiger partial charge on any atom is 0.599 e. The second-order valence-electron chi connectivity index (χ2n) is 5.45. The maximum absolute atomic E-state index is 13.4. The SMILES string of the molecule is CNC(NCCNc1nonc1C(=Nc1ccc(F)c(Br)c1)NO)=C([N+](=O)[O-])[N+](=O)[O-]. The molecule has 2 rings (SSSR count). The predicted molar refractivity (Wildman–Crippen MR) is 106 cm³/mol. The highest BCUT2D eigenvalue weighted by atomic mass is 79.9. The number of amidine groups is 1. The van der Waals surface area contributed by atoms with E-state index in [1.807, 2.05) is 5.48 Å². The first kappa shape index (κ1) is 23.4. The van der Waals surface area contributed by atoms with Gasteiger partial charge in [-0.3, -0.25) is 30.9 Å². The highest BCUT2D eigenvalue weighted by molar-refractivity contribution is 9.10. The van der Waals surface area contributed by atoms with E-state index in [1.165, 1.54) is 25.2 Å². The van der Waals surface area contributed by atoms with Crippen LogP contribution in [0.4, 0.5) is 15.9 Å². The molecule has 17 heteroatoms. The molecular weight excluding hydrogens is 489 g/mol. The van der Waals surface area contributed by atoms with Crippen LogP contribution >= 0.6 is 15.9 Å². The van der Waals surface area contributed by atoms with E-state index >= 15 is 0 Å². The third-order valence-corrected chi connectivity index (χ3v) is 4.11. The third kappa shape index (κ3) is 6.06. The predicted octanol–water partition coefficient (Wildman–Crippen LogP) is 0.929. The number of halogens is 2. The number of nitrogens with one attached hydrogen (secondary N) is 4. The van der Waals surface area contributed by atoms with Gasteiger partial charge in [-0.1, -0.05) is 0 Å². The lowest BCUT2D eigenvalue weighted by molar-refractivity contribution is -0.618. The molecule has 0 saturated heterocycles. The number of aromatic nitrogens is 2. The van der Waals surface area contributed by atoms with E-state index in [-0.39, 0.29) is 40.6 Å². The Hall–Kier alpha value is -3.86. The Morgan fingerprint density at radius 3 is 2.58 bits per heavy atom. The minimum Gasteiger partial charge on any atom is -0.363 e. The molecule has 166 valence electrons. The lowest BCUT2D eigenvalue weighted by Gasteiger charge is -2.09. The molecule has 0 saturated carbocycles. The summed E-state index contributed by atoms with van der Waals surface area (Å²) in [5, 5.41) is 45.9. The molecule has 0 atom stereocenters. The molecule has 0 unspecified atom stereocenters. The number of benzene rings is 1. The standard InChI is InChI=1S/C14H15BrFN9O6/c1-17-13(14(24(27)28)25(29)30)19-5-4-18-11-10(22-31-23-11)12(21-26)20-7-2-3-9(16)8(15)6-7/h2-3,6,17,19,26H,4-5H2,1H3,(H,18,23)(H,20,21). The molecule has 2 aromatic rings. The van der Waals surface area contributed by atoms with Crippen LogP contribution in [0, 0.1) is 26.0 Å². The van der Waals surface area contributed by atoms with Crippen LogP contribution in [0.2, 0.25) is 0 Å². The lowest BCUT2D eigenvalue weighted by Crippen LogP contribution is -2.33. The summed E-state index contributed by atoms with van der Waals surface area (Å²) in [6, 6.07) is 3.89. The van der Waals surface area contributed by atoms with Crippen molar-refractivity contribution >= 4 is 33.3 Å². The van der Waals surface area contributed by atoms with E-state index in [4.69, 9.17) is 0 Å². The van der Waals surface area contributed by atoms with E-state index in [1.54, 1.807) is 0 Å². The third-order valence-electron chi connectivity index (χ3n) is 3.50. The molecule has 1 aromatic carbocycles. The van der Waals surface area contributed by atoms with Gasteiger partial charge in [0, 0.05) is 20.1 Å². The summed E-state index contributed by atoms with van der Waals surface area (Å²) in [5.41, 5.74) is 2.09. The van der Waals surface area contributed by atoms with E-state index in [0.717, 1.165) is 0 Å². The van der Waals surface area contributed by atoms with Crippen molar-refractivity contribution in [1.82, 2.24) is 26.4 Å². The van der Waals surface area contributed by atoms with Crippen LogP contribution in [0.25, 0.3) is 0 Å². The van der Waals surface area contributed by atoms with Crippen LogP contribution in [0.1, 0.15) is 5.69 Å². The second-order valence-corrected chi connectivity index (χ2v) is 6.30. The van der Waals surface area contributed by atoms with Gasteiger partial charge >= 0.3 is 5.82 Å². The molecule has 0 bridgehead atoms. The fraction of sp³-hybridized carbons (Fsp3) is 0.214. The van der Waals surface area contributed by atoms with Gasteiger partial charge in [0.2, 0.25) is 5.82 Å². The molecule has 0 aliphatic carbocycles. The first-order valence-corrected chi connectivity index (χ1v) is 9.03. The highest BCUT2D eigenvalue weighted by Crippen LogP contribution is 2.23. The Morgan fingerprint density at radius 2 is 2.00 bits per heavy atom. The molecule has 15 nitrogen and oxygen atoms in total. The summed E-state index contributed by atoms with van der Waals surface area (Å²) < 4.78 is 18.1. The lowest BCUT2D eigenvalue weighted by atomic mass is 10.3. The van der Waals surface area contributed by atoms with Crippen LogP contribution in [-0.2, 0) is 0 Å². The van der Waals surface area contributed by atoms with Crippen molar-refractivity contribution in [3.63, 3.8) is 0 Å². The number of hydrogen-bond donors (Lipinski definition) is 5. The average Bonchev–Trinajstić information content (AvgIpc) is 3.18. The van der Waals surface area contributed by atoms with Crippen molar-refractivity contribution in [1.29, 1.82) is 0 Å². The molecule has 0 radical (unpaired) electrons. The van der Waals surface area contributed by atoms with Gasteiger partial charge in [-0.05, 0) is 44.4 Å². The number of nitrogens with zero attached hydrogens (tertiary/aromatic N) is 5. The Bertz CT molecular complexity index is 1010. The van der Waals surface area contributed by atoms with Gasteiger partial charge in [0.05, 0.1) is 10.2 Å². The summed E-state index contributed by atoms with van der Waals surface area (Å²) in [4.78, 5) is 23.5. The molecule has 5 N–H and O–H groups in total. The van der Waals surface area contributed by atoms with Gasteiger partial charge in [0.25, 0.3) is 5.82 Å². The number of nitro groups is 2. The van der Waals surface area contributed by atoms with Gasteiger partial charge in [-0.15, -0.1) is 0 Å². The maximum atomic E-state index is 13.4. The summed E-state index contributed by atoms with van der Waals surface area (Å²) in [6.45, 7) is 0.0630. The Balaban J connectivity index is 2.10. The topological polar surface area (TPSA) is 206 Å². The van der Waals surface area contributed by atoms with E-state index in [2.05, 4.69) is 51.8 Å². The van der Waals surface area contributed by atoms with Crippen molar-refractivity contribution in [3.8, 4) is 0 Å². The van der Waals surface area contributed by atoms with Crippen molar-refractivity contribution in [2.45, 2.75) is 0 Å². The molecule has 0 aliphatic rings. The van der Waals surface area contributed by atoms with E-state index in [9.17, 15) is 29.8 Å². The first-order valence-electron chi connectivity index (χ1n) is 8.23. The largest absolute Gasteiger partial charge is 0.599 e. The quantitative estimate of drug-likeness (QED) is 0.101. The normalized spacial score (nSPS) is 10.9. The van der Waals surface area contributed by atoms with Crippen molar-refractivity contribution < 1.29 is 24.1 Å². The Kier molecular flexibility index (Phi) is 8.15. The molecule has 0 aliphatic heterocycles. The van der Waals surface area contributed by atoms with Gasteiger partial charge in [0.1, 0.15) is 15.7 Å². The van der Waals surface area contributed by atoms with Gasteiger partial charge < -0.3 is 16.0 Å². The van der Waals surface area contributed by atoms with Crippen LogP contribution in [0.3, 0.4) is 0 Å². The van der Waals surface area contributed by atoms with Crippen LogP contribution < -0.4 is 21.4 Å². The van der Waals surface area contributed by atoms with E-state index < -0.39 is 27.3 Å². The number of hydroxylamine groups is 1. The van der Waals surface area contributed by atoms with Crippen LogP contribution in [0.5, 0.6) is 0 Å². The molecule has 31 heavy (non-hydrogen) atoms. The summed E-state index contributed by atoms with van der Waals surface area (Å²) in [5.74, 6) is -2.26. The molecule has 1 aromatic heterocycles. The molecule has 0 fully saturated rings. The zero-order valence-corrected chi connectivity index (χ0v) is 17.2. The second kappa shape index (κ2) is 10.8. The molecule has 0 amide bonds. The zero-order chi connectivity index (χ0) is 23.0. The number of anilines is 1.